The molecule has 1 aromatic carbocycles. The van der Waals surface area contributed by atoms with Crippen LogP contribution < -0.4 is 5.32 Å². The van der Waals surface area contributed by atoms with Crippen LogP contribution in [0.4, 0.5) is 10.7 Å². The highest BCUT2D eigenvalue weighted by atomic mass is 16.5. The number of benzene rings is 1. The van der Waals surface area contributed by atoms with E-state index in [1.165, 1.54) is 4.90 Å². The molecular formula is C16H19N7O2. The predicted molar refractivity (Wildman–Crippen MR) is 90.5 cm³/mol. The largest absolute Gasteiger partial charge is 0.334 e. The van der Waals surface area contributed by atoms with Crippen molar-refractivity contribution < 1.29 is 9.32 Å². The van der Waals surface area contributed by atoms with Gasteiger partial charge in [0.15, 0.2) is 5.82 Å². The number of urea groups is 1. The number of aryl methyl sites for hydroxylation is 1. The van der Waals surface area contributed by atoms with E-state index in [9.17, 15) is 4.79 Å². The molecule has 9 nitrogen and oxygen atoms in total. The van der Waals surface area contributed by atoms with Gasteiger partial charge in [-0.1, -0.05) is 30.3 Å². The van der Waals surface area contributed by atoms with Crippen molar-refractivity contribution >= 4 is 12.0 Å². The molecule has 0 fully saturated rings. The second-order valence-electron chi connectivity index (χ2n) is 5.50. The van der Waals surface area contributed by atoms with Crippen molar-refractivity contribution in [1.29, 1.82) is 0 Å². The molecule has 0 aliphatic heterocycles. The third-order valence-corrected chi connectivity index (χ3v) is 3.42. The summed E-state index contributed by atoms with van der Waals surface area (Å²) in [5.41, 5.74) is 0.832. The van der Waals surface area contributed by atoms with E-state index in [0.29, 0.717) is 11.7 Å². The molecule has 1 N–H and O–H groups in total. The van der Waals surface area contributed by atoms with Gasteiger partial charge < -0.3 is 9.42 Å². The van der Waals surface area contributed by atoms with E-state index in [-0.39, 0.29) is 18.5 Å². The molecule has 9 heteroatoms. The first-order valence-corrected chi connectivity index (χ1v) is 7.95. The zero-order chi connectivity index (χ0) is 17.6. The average molecular weight is 341 g/mol. The number of carbonyl (C=O) groups is 1. The topological polar surface area (TPSA) is 102 Å². The molecule has 0 saturated heterocycles. The normalized spacial score (nSPS) is 10.6. The van der Waals surface area contributed by atoms with E-state index >= 15 is 0 Å². The number of anilines is 1. The van der Waals surface area contributed by atoms with Gasteiger partial charge in [0.05, 0.1) is 6.54 Å². The molecule has 0 saturated carbocycles. The Kier molecular flexibility index (Phi) is 5.03. The molecule has 130 valence electrons. The monoisotopic (exact) mass is 341 g/mol. The van der Waals surface area contributed by atoms with Crippen molar-refractivity contribution in [1.82, 2.24) is 29.8 Å². The van der Waals surface area contributed by atoms with E-state index in [1.807, 2.05) is 37.3 Å². The third kappa shape index (κ3) is 4.19. The van der Waals surface area contributed by atoms with Crippen LogP contribution in [0.25, 0.3) is 11.5 Å². The van der Waals surface area contributed by atoms with Gasteiger partial charge in [-0.15, -0.1) is 5.10 Å². The molecule has 2 aromatic heterocycles. The van der Waals surface area contributed by atoms with E-state index in [0.717, 1.165) is 18.5 Å². The molecule has 0 aliphatic rings. The summed E-state index contributed by atoms with van der Waals surface area (Å²) in [5.74, 6) is 1.11. The van der Waals surface area contributed by atoms with E-state index in [2.05, 4.69) is 25.5 Å². The highest BCUT2D eigenvalue weighted by molar-refractivity contribution is 5.87. The van der Waals surface area contributed by atoms with Gasteiger partial charge in [0.1, 0.15) is 6.33 Å². The maximum absolute atomic E-state index is 12.2. The number of hydrogen-bond donors (Lipinski definition) is 1. The molecule has 0 aliphatic carbocycles. The molecule has 0 radical (unpaired) electrons. The van der Waals surface area contributed by atoms with Crippen LogP contribution in [0, 0.1) is 0 Å². The number of nitrogens with zero attached hydrogens (tertiary/aromatic N) is 6. The summed E-state index contributed by atoms with van der Waals surface area (Å²) in [6, 6.07) is 9.11. The number of carbonyl (C=O) groups excluding carboxylic acids is 1. The molecule has 25 heavy (non-hydrogen) atoms. The minimum absolute atomic E-state index is 0.206. The first kappa shape index (κ1) is 16.6. The highest BCUT2D eigenvalue weighted by Crippen LogP contribution is 2.16. The number of amides is 2. The number of nitrogens with one attached hydrogen (secondary N) is 1. The zero-order valence-electron chi connectivity index (χ0n) is 14.1. The smallest absolute Gasteiger partial charge is 0.324 e. The van der Waals surface area contributed by atoms with Gasteiger partial charge in [-0.3, -0.25) is 10.00 Å². The fourth-order valence-electron chi connectivity index (χ4n) is 2.18. The predicted octanol–water partition coefficient (Wildman–Crippen LogP) is 2.40. The maximum Gasteiger partial charge on any atom is 0.324 e. The minimum atomic E-state index is -0.347. The Morgan fingerprint density at radius 3 is 2.88 bits per heavy atom. The summed E-state index contributed by atoms with van der Waals surface area (Å²) >= 11 is 0. The van der Waals surface area contributed by atoms with E-state index in [4.69, 9.17) is 4.52 Å². The van der Waals surface area contributed by atoms with Gasteiger partial charge in [-0.2, -0.15) is 4.98 Å². The zero-order valence-corrected chi connectivity index (χ0v) is 14.1. The molecule has 0 atom stereocenters. The van der Waals surface area contributed by atoms with Crippen LogP contribution in [-0.2, 0) is 13.1 Å². The van der Waals surface area contributed by atoms with Crippen molar-refractivity contribution in [3.63, 3.8) is 0 Å². The highest BCUT2D eigenvalue weighted by Gasteiger charge is 2.15. The Hall–Kier alpha value is -3.23. The first-order valence-electron chi connectivity index (χ1n) is 7.95. The lowest BCUT2D eigenvalue weighted by Crippen LogP contribution is -2.31. The molecule has 3 aromatic rings. The Morgan fingerprint density at radius 2 is 2.12 bits per heavy atom. The third-order valence-electron chi connectivity index (χ3n) is 3.42. The minimum Gasteiger partial charge on any atom is -0.334 e. The number of hydrogen-bond acceptors (Lipinski definition) is 6. The van der Waals surface area contributed by atoms with Crippen LogP contribution in [0.1, 0.15) is 19.2 Å². The van der Waals surface area contributed by atoms with Crippen molar-refractivity contribution in [2.45, 2.75) is 26.4 Å². The fraction of sp³-hybridized carbons (Fsp3) is 0.312. The number of rotatable bonds is 6. The lowest BCUT2D eigenvalue weighted by Gasteiger charge is -2.14. The summed E-state index contributed by atoms with van der Waals surface area (Å²) < 4.78 is 6.91. The lowest BCUT2D eigenvalue weighted by molar-refractivity contribution is 0.218. The SMILES string of the molecule is CCCn1cnc(NC(=O)N(C)Cc2noc(-c3ccccc3)n2)n1. The van der Waals surface area contributed by atoms with Crippen LogP contribution in [0.3, 0.4) is 0 Å². The fourth-order valence-corrected chi connectivity index (χ4v) is 2.18. The van der Waals surface area contributed by atoms with Crippen LogP contribution in [-0.4, -0.2) is 42.9 Å². The van der Waals surface area contributed by atoms with Gasteiger partial charge in [-0.05, 0) is 18.6 Å². The lowest BCUT2D eigenvalue weighted by atomic mass is 10.2. The van der Waals surface area contributed by atoms with Crippen molar-refractivity contribution in [3.8, 4) is 11.5 Å². The van der Waals surface area contributed by atoms with Crippen molar-refractivity contribution in [3.05, 3.63) is 42.5 Å². The summed E-state index contributed by atoms with van der Waals surface area (Å²) in [7, 11) is 1.64. The first-order chi connectivity index (χ1) is 12.2. The van der Waals surface area contributed by atoms with Crippen molar-refractivity contribution in [2.75, 3.05) is 12.4 Å². The summed E-state index contributed by atoms with van der Waals surface area (Å²) in [5, 5.41) is 10.7. The standard InChI is InChI=1S/C16H19N7O2/c1-3-9-23-11-17-15(20-23)19-16(24)22(2)10-13-18-14(25-21-13)12-7-5-4-6-8-12/h4-8,11H,3,9-10H2,1-2H3,(H,19,20,24). The van der Waals surface area contributed by atoms with Gasteiger partial charge in [-0.25, -0.2) is 9.78 Å². The maximum atomic E-state index is 12.2. The summed E-state index contributed by atoms with van der Waals surface area (Å²) in [6.07, 6.45) is 2.53. The second kappa shape index (κ2) is 7.56. The Morgan fingerprint density at radius 1 is 1.32 bits per heavy atom. The van der Waals surface area contributed by atoms with Crippen LogP contribution in [0.5, 0.6) is 0 Å². The van der Waals surface area contributed by atoms with Crippen LogP contribution >= 0.6 is 0 Å². The van der Waals surface area contributed by atoms with Gasteiger partial charge >= 0.3 is 6.03 Å². The molecule has 0 bridgehead atoms. The Bertz CT molecular complexity index is 828. The average Bonchev–Trinajstić information content (AvgIpc) is 3.26. The molecular weight excluding hydrogens is 322 g/mol. The summed E-state index contributed by atoms with van der Waals surface area (Å²) in [6.45, 7) is 3.00. The quantitative estimate of drug-likeness (QED) is 0.738. The van der Waals surface area contributed by atoms with E-state index < -0.39 is 0 Å². The molecule has 0 spiro atoms. The van der Waals surface area contributed by atoms with Crippen LogP contribution in [0.15, 0.2) is 41.2 Å². The molecule has 3 rings (SSSR count). The summed E-state index contributed by atoms with van der Waals surface area (Å²) in [4.78, 5) is 22.0. The molecule has 2 heterocycles. The Labute approximate surface area is 144 Å². The van der Waals surface area contributed by atoms with E-state index in [1.54, 1.807) is 18.1 Å². The van der Waals surface area contributed by atoms with Crippen LogP contribution in [0.2, 0.25) is 0 Å². The van der Waals surface area contributed by atoms with Crippen molar-refractivity contribution in [2.24, 2.45) is 0 Å². The second-order valence-corrected chi connectivity index (χ2v) is 5.50. The molecule has 2 amide bonds. The molecule has 0 unspecified atom stereocenters. The Balaban J connectivity index is 1.58. The van der Waals surface area contributed by atoms with Gasteiger partial charge in [0.2, 0.25) is 5.95 Å². The number of aromatic nitrogens is 5. The van der Waals surface area contributed by atoms with Gasteiger partial charge in [0.25, 0.3) is 5.89 Å². The van der Waals surface area contributed by atoms with Gasteiger partial charge in [0, 0.05) is 19.2 Å².